The molecule has 2 aromatic heterocycles. The Labute approximate surface area is 217 Å². The van der Waals surface area contributed by atoms with Gasteiger partial charge in [-0.2, -0.15) is 0 Å². The Kier molecular flexibility index (Phi) is 8.75. The molecule has 1 aromatic carbocycles. The quantitative estimate of drug-likeness (QED) is 0.296. The molecule has 0 saturated heterocycles. The molecule has 3 N–H and O–H groups in total. The number of primary amides is 1. The van der Waals surface area contributed by atoms with Crippen molar-refractivity contribution in [3.05, 3.63) is 51.2 Å². The summed E-state index contributed by atoms with van der Waals surface area (Å²) < 4.78 is 12.9. The summed E-state index contributed by atoms with van der Waals surface area (Å²) in [7, 11) is 1.80. The Morgan fingerprint density at radius 3 is 2.58 bits per heavy atom. The van der Waals surface area contributed by atoms with Crippen molar-refractivity contribution in [3.63, 3.8) is 0 Å². The summed E-state index contributed by atoms with van der Waals surface area (Å²) in [5.74, 6) is -0.305. The number of ether oxygens (including phenoxy) is 2. The number of rotatable bonds is 10. The number of amides is 2. The van der Waals surface area contributed by atoms with Crippen LogP contribution in [-0.4, -0.2) is 44.9 Å². The first-order valence-electron chi connectivity index (χ1n) is 11.2. The molecule has 36 heavy (non-hydrogen) atoms. The Hall–Kier alpha value is -3.38. The maximum atomic E-state index is 12.7. The van der Waals surface area contributed by atoms with Crippen molar-refractivity contribution < 1.29 is 23.9 Å². The SMILES string of the molecule is CCOC(=O)c1c(NC(=O)CSc2nnc(C(C)Oc3ccc(C)cc3C)n2C)sc(C(N)=O)c1C. The van der Waals surface area contributed by atoms with Gasteiger partial charge in [0.15, 0.2) is 17.1 Å². The van der Waals surface area contributed by atoms with Gasteiger partial charge in [-0.25, -0.2) is 4.79 Å². The number of thiophene rings is 1. The van der Waals surface area contributed by atoms with Crippen LogP contribution in [0.15, 0.2) is 23.4 Å². The van der Waals surface area contributed by atoms with Crippen molar-refractivity contribution >= 4 is 45.9 Å². The largest absolute Gasteiger partial charge is 0.482 e. The van der Waals surface area contributed by atoms with Crippen molar-refractivity contribution in [1.82, 2.24) is 14.8 Å². The van der Waals surface area contributed by atoms with E-state index in [1.807, 2.05) is 39.0 Å². The zero-order valence-corrected chi connectivity index (χ0v) is 22.6. The van der Waals surface area contributed by atoms with Gasteiger partial charge in [-0.1, -0.05) is 29.5 Å². The fourth-order valence-electron chi connectivity index (χ4n) is 3.56. The number of hydrogen-bond acceptors (Lipinski definition) is 9. The molecular formula is C24H29N5O5S2. The second-order valence-electron chi connectivity index (χ2n) is 8.11. The molecule has 0 aliphatic heterocycles. The summed E-state index contributed by atoms with van der Waals surface area (Å²) in [4.78, 5) is 37.0. The van der Waals surface area contributed by atoms with Crippen LogP contribution in [0.1, 0.15) is 62.5 Å². The predicted molar refractivity (Wildman–Crippen MR) is 139 cm³/mol. The van der Waals surface area contributed by atoms with Crippen molar-refractivity contribution in [2.45, 2.75) is 45.9 Å². The van der Waals surface area contributed by atoms with Gasteiger partial charge in [0.25, 0.3) is 5.91 Å². The first-order valence-corrected chi connectivity index (χ1v) is 13.0. The van der Waals surface area contributed by atoms with Crippen LogP contribution in [0, 0.1) is 20.8 Å². The van der Waals surface area contributed by atoms with Crippen LogP contribution in [0.4, 0.5) is 5.00 Å². The molecule has 0 radical (unpaired) electrons. The number of carbonyl (C=O) groups is 3. The number of nitrogens with zero attached hydrogens (tertiary/aromatic N) is 3. The number of hydrogen-bond donors (Lipinski definition) is 2. The average molecular weight is 532 g/mol. The van der Waals surface area contributed by atoms with Crippen LogP contribution in [0.5, 0.6) is 5.75 Å². The van der Waals surface area contributed by atoms with E-state index in [-0.39, 0.29) is 39.8 Å². The van der Waals surface area contributed by atoms with Gasteiger partial charge in [-0.15, -0.1) is 21.5 Å². The third-order valence-corrected chi connectivity index (χ3v) is 7.54. The minimum Gasteiger partial charge on any atom is -0.482 e. The summed E-state index contributed by atoms with van der Waals surface area (Å²) in [5, 5.41) is 11.9. The van der Waals surface area contributed by atoms with Crippen LogP contribution in [0.25, 0.3) is 0 Å². The van der Waals surface area contributed by atoms with Gasteiger partial charge in [-0.3, -0.25) is 9.59 Å². The Balaban J connectivity index is 1.68. The second-order valence-corrected chi connectivity index (χ2v) is 10.1. The lowest BCUT2D eigenvalue weighted by molar-refractivity contribution is -0.113. The normalized spacial score (nSPS) is 11.7. The highest BCUT2D eigenvalue weighted by atomic mass is 32.2. The highest BCUT2D eigenvalue weighted by Crippen LogP contribution is 2.34. The third kappa shape index (κ3) is 6.05. The van der Waals surface area contributed by atoms with Crippen LogP contribution in [-0.2, 0) is 16.6 Å². The first kappa shape index (κ1) is 27.2. The lowest BCUT2D eigenvalue weighted by Crippen LogP contribution is -2.17. The van der Waals surface area contributed by atoms with Gasteiger partial charge in [0.1, 0.15) is 10.8 Å². The molecule has 1 atom stereocenters. The Morgan fingerprint density at radius 2 is 1.94 bits per heavy atom. The van der Waals surface area contributed by atoms with E-state index < -0.39 is 11.9 Å². The third-order valence-electron chi connectivity index (χ3n) is 5.30. The highest BCUT2D eigenvalue weighted by Gasteiger charge is 2.26. The Morgan fingerprint density at radius 1 is 1.22 bits per heavy atom. The highest BCUT2D eigenvalue weighted by molar-refractivity contribution is 7.99. The van der Waals surface area contributed by atoms with Crippen LogP contribution in [0.3, 0.4) is 0 Å². The average Bonchev–Trinajstić information content (AvgIpc) is 3.33. The van der Waals surface area contributed by atoms with E-state index >= 15 is 0 Å². The smallest absolute Gasteiger partial charge is 0.341 e. The number of nitrogens with one attached hydrogen (secondary N) is 1. The van der Waals surface area contributed by atoms with Crippen molar-refractivity contribution in [2.24, 2.45) is 12.8 Å². The van der Waals surface area contributed by atoms with E-state index in [4.69, 9.17) is 15.2 Å². The molecule has 2 heterocycles. The molecule has 0 spiro atoms. The monoisotopic (exact) mass is 531 g/mol. The van der Waals surface area contributed by atoms with Gasteiger partial charge >= 0.3 is 5.97 Å². The minimum atomic E-state index is -0.679. The molecule has 3 rings (SSSR count). The van der Waals surface area contributed by atoms with Crippen LogP contribution < -0.4 is 15.8 Å². The molecule has 192 valence electrons. The summed E-state index contributed by atoms with van der Waals surface area (Å²) in [6.07, 6.45) is -0.361. The Bertz CT molecular complexity index is 1300. The predicted octanol–water partition coefficient (Wildman–Crippen LogP) is 3.95. The van der Waals surface area contributed by atoms with E-state index in [9.17, 15) is 14.4 Å². The van der Waals surface area contributed by atoms with Crippen LogP contribution in [0.2, 0.25) is 0 Å². The lowest BCUT2D eigenvalue weighted by Gasteiger charge is -2.16. The summed E-state index contributed by atoms with van der Waals surface area (Å²) >= 11 is 2.13. The zero-order valence-electron chi connectivity index (χ0n) is 21.0. The molecule has 3 aromatic rings. The van der Waals surface area contributed by atoms with E-state index in [2.05, 4.69) is 15.5 Å². The van der Waals surface area contributed by atoms with E-state index in [1.54, 1.807) is 25.5 Å². The second kappa shape index (κ2) is 11.6. The first-order chi connectivity index (χ1) is 17.0. The van der Waals surface area contributed by atoms with Gasteiger partial charge in [0.05, 0.1) is 22.8 Å². The number of aromatic nitrogens is 3. The number of aryl methyl sites for hydroxylation is 2. The molecule has 0 fully saturated rings. The summed E-state index contributed by atoms with van der Waals surface area (Å²) in [5.41, 5.74) is 8.11. The maximum absolute atomic E-state index is 12.7. The minimum absolute atomic E-state index is 0.00337. The lowest BCUT2D eigenvalue weighted by atomic mass is 10.1. The topological polar surface area (TPSA) is 138 Å². The molecule has 0 aliphatic rings. The fourth-order valence-corrected chi connectivity index (χ4v) is 5.34. The van der Waals surface area contributed by atoms with Gasteiger partial charge < -0.3 is 25.1 Å². The number of esters is 1. The van der Waals surface area contributed by atoms with Gasteiger partial charge in [0.2, 0.25) is 5.91 Å². The molecule has 10 nitrogen and oxygen atoms in total. The zero-order chi connectivity index (χ0) is 26.6. The molecule has 2 amide bonds. The van der Waals surface area contributed by atoms with Crippen LogP contribution >= 0.6 is 23.1 Å². The van der Waals surface area contributed by atoms with Crippen molar-refractivity contribution in [2.75, 3.05) is 17.7 Å². The fraction of sp³-hybridized carbons (Fsp3) is 0.375. The standard InChI is InChI=1S/C24H29N5O5S2/c1-7-33-23(32)18-14(4)19(20(25)31)36-22(18)26-17(30)11-35-24-28-27-21(29(24)6)15(5)34-16-9-8-12(2)10-13(16)3/h8-10,15H,7,11H2,1-6H3,(H2,25,31)(H,26,30). The number of thioether (sulfide) groups is 1. The van der Waals surface area contributed by atoms with Crippen molar-refractivity contribution in [3.8, 4) is 5.75 Å². The van der Waals surface area contributed by atoms with E-state index in [0.29, 0.717) is 16.5 Å². The molecule has 0 bridgehead atoms. The summed E-state index contributed by atoms with van der Waals surface area (Å²) in [6, 6.07) is 5.96. The number of anilines is 1. The maximum Gasteiger partial charge on any atom is 0.341 e. The van der Waals surface area contributed by atoms with E-state index in [0.717, 1.165) is 28.2 Å². The number of carbonyl (C=O) groups excluding carboxylic acids is 3. The van der Waals surface area contributed by atoms with Gasteiger partial charge in [0, 0.05) is 7.05 Å². The molecule has 0 aliphatic carbocycles. The molecule has 1 unspecified atom stereocenters. The number of benzene rings is 1. The molecule has 12 heteroatoms. The van der Waals surface area contributed by atoms with Gasteiger partial charge in [-0.05, 0) is 51.8 Å². The summed E-state index contributed by atoms with van der Waals surface area (Å²) in [6.45, 7) is 9.32. The number of nitrogens with two attached hydrogens (primary N) is 1. The van der Waals surface area contributed by atoms with Crippen molar-refractivity contribution in [1.29, 1.82) is 0 Å². The van der Waals surface area contributed by atoms with E-state index in [1.165, 1.54) is 11.8 Å². The molecular weight excluding hydrogens is 502 g/mol. The molecule has 0 saturated carbocycles.